The number of nitrogens with zero attached hydrogens (tertiary/aromatic N) is 3. The Hall–Kier alpha value is -2.30. The van der Waals surface area contributed by atoms with E-state index < -0.39 is 0 Å². The maximum atomic E-state index is 11.7. The van der Waals surface area contributed by atoms with E-state index in [0.29, 0.717) is 5.82 Å². The van der Waals surface area contributed by atoms with Crippen molar-refractivity contribution in [1.82, 2.24) is 14.6 Å². The number of rotatable bonds is 2. The van der Waals surface area contributed by atoms with Crippen molar-refractivity contribution < 1.29 is 4.79 Å². The molecular weight excluding hydrogens is 250 g/mol. The number of amides is 1. The van der Waals surface area contributed by atoms with Crippen LogP contribution in [0.5, 0.6) is 0 Å². The Morgan fingerprint density at radius 2 is 2.44 bits per heavy atom. The number of carbonyl (C=O) groups is 1. The van der Waals surface area contributed by atoms with Crippen LogP contribution in [-0.4, -0.2) is 27.0 Å². The zero-order valence-electron chi connectivity index (χ0n) is 9.25. The van der Waals surface area contributed by atoms with E-state index in [-0.39, 0.29) is 18.1 Å². The molecule has 2 aromatic rings. The van der Waals surface area contributed by atoms with Crippen molar-refractivity contribution >= 4 is 23.3 Å². The molecule has 18 heavy (non-hydrogen) atoms. The highest BCUT2D eigenvalue weighted by molar-refractivity contribution is 7.03. The summed E-state index contributed by atoms with van der Waals surface area (Å²) in [5, 5.41) is 7.85. The zero-order valence-corrected chi connectivity index (χ0v) is 10.1. The van der Waals surface area contributed by atoms with Gasteiger partial charge in [0.2, 0.25) is 0 Å². The number of nitrogens with one attached hydrogen (secondary N) is 1. The van der Waals surface area contributed by atoms with Crippen LogP contribution in [-0.2, 0) is 0 Å². The normalized spacial score (nSPS) is 9.39. The monoisotopic (exact) mass is 259 g/mol. The van der Waals surface area contributed by atoms with Gasteiger partial charge in [-0.25, -0.2) is 4.98 Å². The van der Waals surface area contributed by atoms with Crippen molar-refractivity contribution in [2.24, 2.45) is 5.73 Å². The first-order chi connectivity index (χ1) is 8.79. The number of hydrogen-bond acceptors (Lipinski definition) is 6. The first-order valence-electron chi connectivity index (χ1n) is 5.03. The Kier molecular flexibility index (Phi) is 3.96. The van der Waals surface area contributed by atoms with E-state index in [9.17, 15) is 4.79 Å². The molecule has 0 aliphatic heterocycles. The average Bonchev–Trinajstić information content (AvgIpc) is 2.91. The van der Waals surface area contributed by atoms with E-state index in [1.807, 2.05) is 0 Å². The van der Waals surface area contributed by atoms with Crippen LogP contribution < -0.4 is 11.1 Å². The number of pyridine rings is 1. The van der Waals surface area contributed by atoms with Crippen LogP contribution in [0, 0.1) is 11.8 Å². The summed E-state index contributed by atoms with van der Waals surface area (Å²) in [7, 11) is 0. The highest BCUT2D eigenvalue weighted by Gasteiger charge is 2.09. The minimum Gasteiger partial charge on any atom is -0.320 e. The third-order valence-corrected chi connectivity index (χ3v) is 2.43. The summed E-state index contributed by atoms with van der Waals surface area (Å²) in [6.07, 6.45) is 1.56. The highest BCUT2D eigenvalue weighted by Crippen LogP contribution is 2.07. The smallest absolute Gasteiger partial charge is 0.278 e. The molecule has 0 bridgehead atoms. The van der Waals surface area contributed by atoms with Gasteiger partial charge in [-0.05, 0) is 23.7 Å². The Morgan fingerprint density at radius 3 is 3.17 bits per heavy atom. The topological polar surface area (TPSA) is 93.8 Å². The number of anilines is 1. The lowest BCUT2D eigenvalue weighted by atomic mass is 10.2. The second kappa shape index (κ2) is 5.86. The molecule has 7 heteroatoms. The number of hydrogen-bond donors (Lipinski definition) is 2. The summed E-state index contributed by atoms with van der Waals surface area (Å²) in [5.41, 5.74) is 6.29. The number of nitrogens with two attached hydrogens (primary N) is 1. The standard InChI is InChI=1S/C11H9N5OS/c12-4-1-2-8-3-5-13-10(6-8)14-11(17)9-7-18-16-15-9/h3,5-7H,4,12H2,(H,13,14,17). The lowest BCUT2D eigenvalue weighted by molar-refractivity contribution is 0.102. The van der Waals surface area contributed by atoms with Crippen molar-refractivity contribution in [1.29, 1.82) is 0 Å². The first kappa shape index (κ1) is 12.2. The van der Waals surface area contributed by atoms with Gasteiger partial charge in [0.15, 0.2) is 5.69 Å². The van der Waals surface area contributed by atoms with E-state index in [1.54, 1.807) is 23.7 Å². The second-order valence-electron chi connectivity index (χ2n) is 3.18. The largest absolute Gasteiger partial charge is 0.320 e. The fourth-order valence-corrected chi connectivity index (χ4v) is 1.61. The summed E-state index contributed by atoms with van der Waals surface area (Å²) < 4.78 is 3.62. The Labute approximate surface area is 107 Å². The SMILES string of the molecule is NCC#Cc1ccnc(NC(=O)c2csnn2)c1. The zero-order chi connectivity index (χ0) is 12.8. The molecule has 90 valence electrons. The Morgan fingerprint density at radius 1 is 1.56 bits per heavy atom. The molecule has 6 nitrogen and oxygen atoms in total. The predicted molar refractivity (Wildman–Crippen MR) is 68.0 cm³/mol. The van der Waals surface area contributed by atoms with Crippen LogP contribution in [0.3, 0.4) is 0 Å². The maximum Gasteiger partial charge on any atom is 0.278 e. The van der Waals surface area contributed by atoms with Crippen molar-refractivity contribution in [2.75, 3.05) is 11.9 Å². The quantitative estimate of drug-likeness (QED) is 0.766. The van der Waals surface area contributed by atoms with Gasteiger partial charge in [0.05, 0.1) is 6.54 Å². The number of carbonyl (C=O) groups excluding carboxylic acids is 1. The van der Waals surface area contributed by atoms with Crippen LogP contribution in [0.4, 0.5) is 5.82 Å². The molecule has 0 fully saturated rings. The summed E-state index contributed by atoms with van der Waals surface area (Å²) >= 11 is 1.11. The molecule has 0 radical (unpaired) electrons. The van der Waals surface area contributed by atoms with E-state index in [1.165, 1.54) is 0 Å². The lowest BCUT2D eigenvalue weighted by Gasteiger charge is -2.01. The predicted octanol–water partition coefficient (Wildman–Crippen LogP) is 0.496. The first-order valence-corrected chi connectivity index (χ1v) is 5.86. The van der Waals surface area contributed by atoms with Crippen molar-refractivity contribution in [2.45, 2.75) is 0 Å². The minimum absolute atomic E-state index is 0.264. The maximum absolute atomic E-state index is 11.7. The van der Waals surface area contributed by atoms with Gasteiger partial charge >= 0.3 is 0 Å². The summed E-state index contributed by atoms with van der Waals surface area (Å²) in [5.74, 6) is 5.66. The molecule has 0 spiro atoms. The van der Waals surface area contributed by atoms with Crippen LogP contribution in [0.25, 0.3) is 0 Å². The second-order valence-corrected chi connectivity index (χ2v) is 3.79. The molecule has 2 aromatic heterocycles. The van der Waals surface area contributed by atoms with Crippen molar-refractivity contribution in [3.63, 3.8) is 0 Å². The van der Waals surface area contributed by atoms with Gasteiger partial charge in [0, 0.05) is 17.1 Å². The molecule has 0 atom stereocenters. The molecule has 0 aliphatic rings. The van der Waals surface area contributed by atoms with Crippen molar-refractivity contribution in [3.8, 4) is 11.8 Å². The summed E-state index contributed by atoms with van der Waals surface area (Å²) in [6, 6.07) is 3.41. The summed E-state index contributed by atoms with van der Waals surface area (Å²) in [4.78, 5) is 15.7. The third-order valence-electron chi connectivity index (χ3n) is 1.93. The molecule has 2 rings (SSSR count). The van der Waals surface area contributed by atoms with E-state index in [4.69, 9.17) is 5.73 Å². The molecular formula is C11H9N5OS. The molecule has 0 saturated heterocycles. The van der Waals surface area contributed by atoms with Gasteiger partial charge < -0.3 is 11.1 Å². The van der Waals surface area contributed by atoms with Gasteiger partial charge in [0.1, 0.15) is 5.82 Å². The van der Waals surface area contributed by atoms with Crippen LogP contribution in [0.15, 0.2) is 23.7 Å². The van der Waals surface area contributed by atoms with Gasteiger partial charge in [-0.15, -0.1) is 5.10 Å². The van der Waals surface area contributed by atoms with Crippen LogP contribution in [0.1, 0.15) is 16.1 Å². The fraction of sp³-hybridized carbons (Fsp3) is 0.0909. The molecule has 3 N–H and O–H groups in total. The van der Waals surface area contributed by atoms with Crippen LogP contribution in [0.2, 0.25) is 0 Å². The van der Waals surface area contributed by atoms with Gasteiger partial charge in [0.25, 0.3) is 5.91 Å². The highest BCUT2D eigenvalue weighted by atomic mass is 32.1. The van der Waals surface area contributed by atoms with Gasteiger partial charge in [-0.2, -0.15) is 0 Å². The lowest BCUT2D eigenvalue weighted by Crippen LogP contribution is -2.13. The van der Waals surface area contributed by atoms with E-state index >= 15 is 0 Å². The molecule has 2 heterocycles. The number of aromatic nitrogens is 3. The third kappa shape index (κ3) is 3.10. The van der Waals surface area contributed by atoms with E-state index in [2.05, 4.69) is 31.7 Å². The average molecular weight is 259 g/mol. The van der Waals surface area contributed by atoms with Gasteiger partial charge in [-0.1, -0.05) is 16.3 Å². The molecule has 0 aromatic carbocycles. The van der Waals surface area contributed by atoms with Gasteiger partial charge in [-0.3, -0.25) is 4.79 Å². The van der Waals surface area contributed by atoms with Crippen LogP contribution >= 0.6 is 11.5 Å². The Balaban J connectivity index is 2.12. The molecule has 0 aliphatic carbocycles. The Bertz CT molecular complexity index is 599. The summed E-state index contributed by atoms with van der Waals surface area (Å²) in [6.45, 7) is 0.286. The molecule has 0 unspecified atom stereocenters. The van der Waals surface area contributed by atoms with E-state index in [0.717, 1.165) is 17.1 Å². The minimum atomic E-state index is -0.347. The molecule has 0 saturated carbocycles. The molecule has 1 amide bonds. The van der Waals surface area contributed by atoms with Crippen molar-refractivity contribution in [3.05, 3.63) is 35.0 Å². The fourth-order valence-electron chi connectivity index (χ4n) is 1.17.